The molecule has 2 amide bonds. The molecule has 0 spiro atoms. The highest BCUT2D eigenvalue weighted by Gasteiger charge is 2.32. The molecule has 150 valence electrons. The van der Waals surface area contributed by atoms with E-state index in [0.717, 1.165) is 5.56 Å². The van der Waals surface area contributed by atoms with Gasteiger partial charge in [0.25, 0.3) is 0 Å². The normalized spacial score (nSPS) is 13.5. The number of benzene rings is 1. The zero-order valence-electron chi connectivity index (χ0n) is 15.6. The number of carbonyl (C=O) groups excluding carboxylic acids is 2. The number of anilines is 1. The minimum absolute atomic E-state index is 0.108. The number of fused-ring (bicyclic) bond motifs is 1. The van der Waals surface area contributed by atoms with Gasteiger partial charge in [-0.25, -0.2) is 8.42 Å². The Labute approximate surface area is 168 Å². The van der Waals surface area contributed by atoms with Gasteiger partial charge in [0.15, 0.2) is 9.84 Å². The molecule has 1 aromatic carbocycles. The van der Waals surface area contributed by atoms with Crippen LogP contribution in [0.5, 0.6) is 0 Å². The summed E-state index contributed by atoms with van der Waals surface area (Å²) < 4.78 is 31.4. The van der Waals surface area contributed by atoms with Crippen LogP contribution in [0.4, 0.5) is 5.69 Å². The first-order valence-corrected chi connectivity index (χ1v) is 11.4. The molecule has 0 saturated carbocycles. The zero-order chi connectivity index (χ0) is 20.0. The summed E-state index contributed by atoms with van der Waals surface area (Å²) >= 11 is 3.35. The number of amides is 2. The Morgan fingerprint density at radius 1 is 1.33 bits per heavy atom. The summed E-state index contributed by atoms with van der Waals surface area (Å²) in [6.45, 7) is 3.20. The quantitative estimate of drug-likeness (QED) is 0.569. The van der Waals surface area contributed by atoms with E-state index in [0.29, 0.717) is 49.1 Å². The van der Waals surface area contributed by atoms with E-state index in [1.807, 2.05) is 6.07 Å². The molecule has 0 saturated heterocycles. The lowest BCUT2D eigenvalue weighted by atomic mass is 10.2. The van der Waals surface area contributed by atoms with Gasteiger partial charge in [0.05, 0.1) is 16.3 Å². The molecule has 27 heavy (non-hydrogen) atoms. The van der Waals surface area contributed by atoms with Crippen LogP contribution in [0.15, 0.2) is 21.5 Å². The smallest absolute Gasteiger partial charge is 0.226 e. The summed E-state index contributed by atoms with van der Waals surface area (Å²) in [5, 5.41) is 2.68. The van der Waals surface area contributed by atoms with Crippen molar-refractivity contribution in [3.8, 4) is 0 Å². The first-order valence-electron chi connectivity index (χ1n) is 8.91. The first kappa shape index (κ1) is 21.8. The highest BCUT2D eigenvalue weighted by molar-refractivity contribution is 9.10. The minimum Gasteiger partial charge on any atom is -0.385 e. The van der Waals surface area contributed by atoms with Crippen molar-refractivity contribution < 1.29 is 22.7 Å². The van der Waals surface area contributed by atoms with E-state index < -0.39 is 9.84 Å². The molecule has 1 heterocycles. The summed E-state index contributed by atoms with van der Waals surface area (Å²) in [5.74, 6) is -0.730. The predicted octanol–water partition coefficient (Wildman–Crippen LogP) is 2.06. The fourth-order valence-corrected chi connectivity index (χ4v) is 5.19. The second-order valence-electron chi connectivity index (χ2n) is 6.33. The molecule has 0 unspecified atom stereocenters. The van der Waals surface area contributed by atoms with Crippen LogP contribution in [-0.2, 0) is 30.6 Å². The minimum atomic E-state index is -3.72. The molecule has 1 aliphatic rings. The largest absolute Gasteiger partial charge is 0.385 e. The maximum Gasteiger partial charge on any atom is 0.226 e. The molecule has 0 atom stereocenters. The van der Waals surface area contributed by atoms with E-state index in [1.165, 1.54) is 6.07 Å². The third kappa shape index (κ3) is 5.52. The van der Waals surface area contributed by atoms with Crippen LogP contribution in [-0.4, -0.2) is 52.8 Å². The first-order chi connectivity index (χ1) is 12.8. The Hall–Kier alpha value is -1.45. The van der Waals surface area contributed by atoms with Crippen LogP contribution in [0.3, 0.4) is 0 Å². The number of rotatable bonds is 9. The number of halogens is 1. The van der Waals surface area contributed by atoms with Crippen molar-refractivity contribution in [2.75, 3.05) is 37.5 Å². The van der Waals surface area contributed by atoms with E-state index in [9.17, 15) is 18.0 Å². The van der Waals surface area contributed by atoms with Crippen LogP contribution in [0, 0.1) is 0 Å². The summed E-state index contributed by atoms with van der Waals surface area (Å²) in [4.78, 5) is 25.8. The SMILES string of the molecule is CCC(=O)N1CCc2cc(Br)cc(S(=O)(=O)CCC(=O)NCCCOC)c21. The molecule has 0 radical (unpaired) electrons. The standard InChI is InChI=1S/C18H25BrN2O5S/c1-3-17(23)21-8-5-13-11-14(19)12-15(18(13)21)27(24,25)10-6-16(22)20-7-4-9-26-2/h11-12H,3-10H2,1-2H3,(H,20,22). The van der Waals surface area contributed by atoms with Crippen molar-refractivity contribution in [3.05, 3.63) is 22.2 Å². The molecule has 0 fully saturated rings. The summed E-state index contributed by atoms with van der Waals surface area (Å²) in [7, 11) is -2.14. The molecule has 9 heteroatoms. The molecule has 1 aromatic rings. The lowest BCUT2D eigenvalue weighted by Crippen LogP contribution is -2.30. The fraction of sp³-hybridized carbons (Fsp3) is 0.556. The van der Waals surface area contributed by atoms with E-state index in [1.54, 1.807) is 18.9 Å². The summed E-state index contributed by atoms with van der Waals surface area (Å²) in [5.41, 5.74) is 1.29. The molecular formula is C18H25BrN2O5S. The summed E-state index contributed by atoms with van der Waals surface area (Å²) in [6.07, 6.45) is 1.46. The molecular weight excluding hydrogens is 436 g/mol. The average Bonchev–Trinajstić information content (AvgIpc) is 3.05. The van der Waals surface area contributed by atoms with Crippen LogP contribution in [0.2, 0.25) is 0 Å². The summed E-state index contributed by atoms with van der Waals surface area (Å²) in [6, 6.07) is 3.37. The monoisotopic (exact) mass is 460 g/mol. The van der Waals surface area contributed by atoms with Crippen LogP contribution in [0.1, 0.15) is 31.7 Å². The van der Waals surface area contributed by atoms with Gasteiger partial charge in [-0.05, 0) is 30.5 Å². The molecule has 0 aliphatic carbocycles. The van der Waals surface area contributed by atoms with Crippen molar-refractivity contribution in [2.24, 2.45) is 0 Å². The van der Waals surface area contributed by atoms with Crippen molar-refractivity contribution in [3.63, 3.8) is 0 Å². The Balaban J connectivity index is 2.17. The van der Waals surface area contributed by atoms with E-state index in [-0.39, 0.29) is 28.9 Å². The third-order valence-electron chi connectivity index (χ3n) is 4.38. The van der Waals surface area contributed by atoms with Crippen LogP contribution < -0.4 is 10.2 Å². The van der Waals surface area contributed by atoms with E-state index >= 15 is 0 Å². The third-order valence-corrected chi connectivity index (χ3v) is 6.56. The topological polar surface area (TPSA) is 92.8 Å². The van der Waals surface area contributed by atoms with Gasteiger partial charge in [0, 0.05) is 44.1 Å². The fourth-order valence-electron chi connectivity index (χ4n) is 3.02. The molecule has 0 aromatic heterocycles. The van der Waals surface area contributed by atoms with Gasteiger partial charge in [-0.15, -0.1) is 0 Å². The van der Waals surface area contributed by atoms with Crippen molar-refractivity contribution in [1.29, 1.82) is 0 Å². The number of nitrogens with one attached hydrogen (secondary N) is 1. The van der Waals surface area contributed by atoms with Crippen LogP contribution in [0.25, 0.3) is 0 Å². The lowest BCUT2D eigenvalue weighted by Gasteiger charge is -2.20. The van der Waals surface area contributed by atoms with E-state index in [4.69, 9.17) is 4.74 Å². The number of ether oxygens (including phenoxy) is 1. The predicted molar refractivity (Wildman–Crippen MR) is 107 cm³/mol. The Morgan fingerprint density at radius 3 is 2.74 bits per heavy atom. The number of hydrogen-bond acceptors (Lipinski definition) is 5. The lowest BCUT2D eigenvalue weighted by molar-refractivity contribution is -0.121. The van der Waals surface area contributed by atoms with Gasteiger partial charge in [-0.3, -0.25) is 9.59 Å². The van der Waals surface area contributed by atoms with Gasteiger partial charge < -0.3 is 15.0 Å². The Bertz CT molecular complexity index is 810. The maximum atomic E-state index is 12.9. The number of sulfone groups is 1. The molecule has 1 aliphatic heterocycles. The second kappa shape index (κ2) is 9.66. The Kier molecular flexibility index (Phi) is 7.81. The highest BCUT2D eigenvalue weighted by Crippen LogP contribution is 2.38. The highest BCUT2D eigenvalue weighted by atomic mass is 79.9. The van der Waals surface area contributed by atoms with Gasteiger partial charge in [0.1, 0.15) is 0 Å². The van der Waals surface area contributed by atoms with Gasteiger partial charge >= 0.3 is 0 Å². The van der Waals surface area contributed by atoms with Crippen molar-refractivity contribution in [1.82, 2.24) is 5.32 Å². The van der Waals surface area contributed by atoms with Gasteiger partial charge in [0.2, 0.25) is 11.8 Å². The number of carbonyl (C=O) groups is 2. The molecule has 2 rings (SSSR count). The second-order valence-corrected chi connectivity index (χ2v) is 9.32. The zero-order valence-corrected chi connectivity index (χ0v) is 18.0. The number of hydrogen-bond donors (Lipinski definition) is 1. The van der Waals surface area contributed by atoms with Gasteiger partial charge in [-0.2, -0.15) is 0 Å². The molecule has 7 nitrogen and oxygen atoms in total. The maximum absolute atomic E-state index is 12.9. The molecule has 1 N–H and O–H groups in total. The van der Waals surface area contributed by atoms with Crippen molar-refractivity contribution in [2.45, 2.75) is 37.5 Å². The average molecular weight is 461 g/mol. The van der Waals surface area contributed by atoms with Gasteiger partial charge in [-0.1, -0.05) is 22.9 Å². The number of methoxy groups -OCH3 is 1. The van der Waals surface area contributed by atoms with Crippen molar-refractivity contribution >= 4 is 43.3 Å². The molecule has 0 bridgehead atoms. The number of nitrogens with zero attached hydrogens (tertiary/aromatic N) is 1. The van der Waals surface area contributed by atoms with Crippen LogP contribution >= 0.6 is 15.9 Å². The Morgan fingerprint density at radius 2 is 2.07 bits per heavy atom. The van der Waals surface area contributed by atoms with E-state index in [2.05, 4.69) is 21.2 Å².